The van der Waals surface area contributed by atoms with Crippen molar-refractivity contribution in [2.45, 2.75) is 0 Å². The number of amides is 1. The Balaban J connectivity index is 3.27. The third-order valence-electron chi connectivity index (χ3n) is 0.997. The smallest absolute Gasteiger partial charge is 0.316 e. The molecule has 1 N–H and O–H groups in total. The first kappa shape index (κ1) is 8.72. The van der Waals surface area contributed by atoms with Gasteiger partial charge in [0.15, 0.2) is 0 Å². The zero-order chi connectivity index (χ0) is 7.28. The Hall–Kier alpha value is -0.280. The molecule has 0 aromatic rings. The highest BCUT2D eigenvalue weighted by atomic mass is 35.5. The van der Waals surface area contributed by atoms with Crippen LogP contribution in [0.2, 0.25) is 0 Å². The van der Waals surface area contributed by atoms with E-state index in [-0.39, 0.29) is 0 Å². The molecule has 1 amide bonds. The van der Waals surface area contributed by atoms with Crippen LogP contribution in [0, 0.1) is 0 Å². The summed E-state index contributed by atoms with van der Waals surface area (Å²) < 4.78 is 0. The van der Waals surface area contributed by atoms with Crippen molar-refractivity contribution in [1.82, 2.24) is 10.2 Å². The highest BCUT2D eigenvalue weighted by Gasteiger charge is 2.00. The summed E-state index contributed by atoms with van der Waals surface area (Å²) >= 11 is 5.12. The van der Waals surface area contributed by atoms with Gasteiger partial charge >= 0.3 is 5.37 Å². The molecule has 0 aliphatic heterocycles. The Labute approximate surface area is 60.0 Å². The summed E-state index contributed by atoms with van der Waals surface area (Å²) in [6.45, 7) is 1.42. The van der Waals surface area contributed by atoms with Crippen LogP contribution in [0.3, 0.4) is 0 Å². The summed E-state index contributed by atoms with van der Waals surface area (Å²) in [6, 6.07) is 0. The Bertz CT molecular complexity index is 97.0. The molecule has 0 bridgehead atoms. The second-order valence-corrected chi connectivity index (χ2v) is 2.10. The predicted molar refractivity (Wildman–Crippen MR) is 37.8 cm³/mol. The van der Waals surface area contributed by atoms with Crippen LogP contribution in [-0.4, -0.2) is 37.5 Å². The molecule has 0 fully saturated rings. The van der Waals surface area contributed by atoms with Crippen LogP contribution >= 0.6 is 11.6 Å². The first-order valence-electron chi connectivity index (χ1n) is 2.73. The molecule has 0 heterocycles. The molecule has 54 valence electrons. The van der Waals surface area contributed by atoms with E-state index in [2.05, 4.69) is 5.32 Å². The summed E-state index contributed by atoms with van der Waals surface area (Å²) in [6.07, 6.45) is 0. The van der Waals surface area contributed by atoms with E-state index >= 15 is 0 Å². The van der Waals surface area contributed by atoms with Crippen molar-refractivity contribution < 1.29 is 4.79 Å². The van der Waals surface area contributed by atoms with E-state index in [0.717, 1.165) is 6.54 Å². The standard InChI is InChI=1S/C5H11ClN2O/c1-7-3-4-8(2)5(6)9/h7H,3-4H2,1-2H3. The fourth-order valence-corrected chi connectivity index (χ4v) is 0.452. The van der Waals surface area contributed by atoms with Crippen LogP contribution < -0.4 is 5.32 Å². The molecule has 0 rings (SSSR count). The molecule has 0 saturated heterocycles. The lowest BCUT2D eigenvalue weighted by Crippen LogP contribution is -2.28. The van der Waals surface area contributed by atoms with Gasteiger partial charge in [-0.05, 0) is 18.6 Å². The number of nitrogens with one attached hydrogen (secondary N) is 1. The van der Waals surface area contributed by atoms with Crippen molar-refractivity contribution in [2.75, 3.05) is 27.2 Å². The number of halogens is 1. The molecule has 0 spiro atoms. The van der Waals surface area contributed by atoms with Gasteiger partial charge in [0, 0.05) is 20.1 Å². The molecule has 0 aliphatic carbocycles. The Kier molecular flexibility index (Phi) is 4.44. The average molecular weight is 151 g/mol. The van der Waals surface area contributed by atoms with Crippen LogP contribution in [-0.2, 0) is 0 Å². The minimum absolute atomic E-state index is 0.412. The fraction of sp³-hybridized carbons (Fsp3) is 0.800. The number of nitrogens with zero attached hydrogens (tertiary/aromatic N) is 1. The van der Waals surface area contributed by atoms with E-state index in [9.17, 15) is 4.79 Å². The number of hydrogen-bond acceptors (Lipinski definition) is 2. The predicted octanol–water partition coefficient (Wildman–Crippen LogP) is 0.496. The topological polar surface area (TPSA) is 32.3 Å². The second-order valence-electron chi connectivity index (χ2n) is 1.78. The molecule has 9 heavy (non-hydrogen) atoms. The Morgan fingerprint density at radius 3 is 2.67 bits per heavy atom. The number of rotatable bonds is 3. The molecule has 0 aliphatic rings. The highest BCUT2D eigenvalue weighted by Crippen LogP contribution is 1.89. The molecule has 3 nitrogen and oxygen atoms in total. The van der Waals surface area contributed by atoms with Gasteiger partial charge in [-0.25, -0.2) is 0 Å². The molecule has 0 radical (unpaired) electrons. The number of hydrogen-bond donors (Lipinski definition) is 1. The van der Waals surface area contributed by atoms with Crippen molar-refractivity contribution in [3.63, 3.8) is 0 Å². The maximum absolute atomic E-state index is 10.3. The van der Waals surface area contributed by atoms with Gasteiger partial charge in [-0.15, -0.1) is 0 Å². The number of likely N-dealkylation sites (N-methyl/N-ethyl adjacent to an activating group) is 2. The highest BCUT2D eigenvalue weighted by molar-refractivity contribution is 6.62. The zero-order valence-corrected chi connectivity index (χ0v) is 6.40. The third-order valence-corrected chi connectivity index (χ3v) is 1.29. The average Bonchev–Trinajstić information content (AvgIpc) is 1.82. The fourth-order valence-electron chi connectivity index (χ4n) is 0.367. The SMILES string of the molecule is CNCCN(C)C(=O)Cl. The summed E-state index contributed by atoms with van der Waals surface area (Å²) in [5.74, 6) is 0. The largest absolute Gasteiger partial charge is 0.331 e. The van der Waals surface area contributed by atoms with E-state index in [1.54, 1.807) is 7.05 Å². The van der Waals surface area contributed by atoms with Crippen LogP contribution in [0.1, 0.15) is 0 Å². The Morgan fingerprint density at radius 2 is 2.33 bits per heavy atom. The van der Waals surface area contributed by atoms with Gasteiger partial charge in [-0.2, -0.15) is 0 Å². The van der Waals surface area contributed by atoms with Gasteiger partial charge in [-0.3, -0.25) is 4.79 Å². The summed E-state index contributed by atoms with van der Waals surface area (Å²) in [5.41, 5.74) is 0. The van der Waals surface area contributed by atoms with E-state index in [1.807, 2.05) is 7.05 Å². The van der Waals surface area contributed by atoms with Gasteiger partial charge in [0.05, 0.1) is 0 Å². The van der Waals surface area contributed by atoms with Crippen molar-refractivity contribution in [3.05, 3.63) is 0 Å². The monoisotopic (exact) mass is 150 g/mol. The normalized spacial score (nSPS) is 9.22. The lowest BCUT2D eigenvalue weighted by molar-refractivity contribution is 0.232. The van der Waals surface area contributed by atoms with Crippen LogP contribution in [0.25, 0.3) is 0 Å². The van der Waals surface area contributed by atoms with E-state index in [0.29, 0.717) is 6.54 Å². The maximum Gasteiger partial charge on any atom is 0.316 e. The number of carbonyl (C=O) groups is 1. The summed E-state index contributed by atoms with van der Waals surface area (Å²) in [4.78, 5) is 11.8. The van der Waals surface area contributed by atoms with Crippen LogP contribution in [0.4, 0.5) is 4.79 Å². The van der Waals surface area contributed by atoms with E-state index in [1.165, 1.54) is 4.90 Å². The Morgan fingerprint density at radius 1 is 1.78 bits per heavy atom. The molecular formula is C5H11ClN2O. The molecule has 0 atom stereocenters. The maximum atomic E-state index is 10.3. The van der Waals surface area contributed by atoms with Gasteiger partial charge in [-0.1, -0.05) is 0 Å². The van der Waals surface area contributed by atoms with Crippen molar-refractivity contribution in [2.24, 2.45) is 0 Å². The van der Waals surface area contributed by atoms with Crippen molar-refractivity contribution in [1.29, 1.82) is 0 Å². The molecule has 0 saturated carbocycles. The minimum Gasteiger partial charge on any atom is -0.331 e. The molecule has 4 heteroatoms. The van der Waals surface area contributed by atoms with Crippen molar-refractivity contribution in [3.8, 4) is 0 Å². The minimum atomic E-state index is -0.412. The molecule has 0 aromatic heterocycles. The zero-order valence-electron chi connectivity index (χ0n) is 5.65. The van der Waals surface area contributed by atoms with Gasteiger partial charge in [0.2, 0.25) is 0 Å². The summed E-state index contributed by atoms with van der Waals surface area (Å²) in [7, 11) is 3.49. The van der Waals surface area contributed by atoms with Gasteiger partial charge in [0.1, 0.15) is 0 Å². The van der Waals surface area contributed by atoms with Gasteiger partial charge in [0.25, 0.3) is 0 Å². The third kappa shape index (κ3) is 4.24. The quantitative estimate of drug-likeness (QED) is 0.469. The molecule has 0 aromatic carbocycles. The summed E-state index contributed by atoms with van der Waals surface area (Å²) in [5, 5.41) is 2.49. The lowest BCUT2D eigenvalue weighted by atomic mass is 10.6. The lowest BCUT2D eigenvalue weighted by Gasteiger charge is -2.11. The first-order chi connectivity index (χ1) is 4.18. The van der Waals surface area contributed by atoms with E-state index < -0.39 is 5.37 Å². The number of carbonyl (C=O) groups excluding carboxylic acids is 1. The van der Waals surface area contributed by atoms with Crippen LogP contribution in [0.5, 0.6) is 0 Å². The first-order valence-corrected chi connectivity index (χ1v) is 3.11. The van der Waals surface area contributed by atoms with E-state index in [4.69, 9.17) is 11.6 Å². The van der Waals surface area contributed by atoms with Crippen LogP contribution in [0.15, 0.2) is 0 Å². The van der Waals surface area contributed by atoms with Gasteiger partial charge < -0.3 is 10.2 Å². The molecular weight excluding hydrogens is 140 g/mol. The molecule has 0 unspecified atom stereocenters. The second kappa shape index (κ2) is 4.58. The van der Waals surface area contributed by atoms with Crippen molar-refractivity contribution >= 4 is 17.0 Å².